The van der Waals surface area contributed by atoms with Gasteiger partial charge in [0.2, 0.25) is 11.6 Å². The number of rotatable bonds is 7. The third-order valence-electron chi connectivity index (χ3n) is 4.21. The number of hydrogen-bond acceptors (Lipinski definition) is 6. The lowest BCUT2D eigenvalue weighted by Crippen LogP contribution is -2.08. The van der Waals surface area contributed by atoms with Gasteiger partial charge in [0.05, 0.1) is 4.92 Å². The summed E-state index contributed by atoms with van der Waals surface area (Å²) in [7, 11) is 0. The number of anilines is 3. The first-order valence-electron chi connectivity index (χ1n) is 8.71. The molecule has 0 aliphatic rings. The largest absolute Gasteiger partial charge is 0.360 e. The number of benzene rings is 2. The van der Waals surface area contributed by atoms with Crippen molar-refractivity contribution in [3.63, 3.8) is 0 Å². The molecule has 2 aromatic carbocycles. The van der Waals surface area contributed by atoms with Crippen molar-refractivity contribution in [2.75, 3.05) is 10.6 Å². The molecule has 0 aliphatic heterocycles. The van der Waals surface area contributed by atoms with Crippen LogP contribution in [-0.4, -0.2) is 14.9 Å². The summed E-state index contributed by atoms with van der Waals surface area (Å²) < 4.78 is 0. The highest BCUT2D eigenvalue weighted by molar-refractivity contribution is 5.73. The molecule has 2 N–H and O–H groups in total. The minimum absolute atomic E-state index is 0.158. The standard InChI is InChI=1S/C20H21N5O2/c1-3-15-8-10-17(11-9-15)24-20-18(25(26)27)19(22-13-23-20)21-12-16-6-4-14(2)5-7-16/h4-11,13H,3,12H2,1-2H3,(H2,21,22,23,24). The molecule has 0 unspecified atom stereocenters. The smallest absolute Gasteiger partial charge is 0.353 e. The average Bonchev–Trinajstić information content (AvgIpc) is 2.68. The molecule has 27 heavy (non-hydrogen) atoms. The number of nitrogens with zero attached hydrogens (tertiary/aromatic N) is 3. The predicted octanol–water partition coefficient (Wildman–Crippen LogP) is 4.61. The van der Waals surface area contributed by atoms with Crippen LogP contribution >= 0.6 is 0 Å². The van der Waals surface area contributed by atoms with Crippen molar-refractivity contribution < 1.29 is 4.92 Å². The molecule has 0 atom stereocenters. The number of aromatic nitrogens is 2. The molecule has 0 aliphatic carbocycles. The lowest BCUT2D eigenvalue weighted by Gasteiger charge is -2.10. The molecule has 7 heteroatoms. The van der Waals surface area contributed by atoms with Gasteiger partial charge in [-0.2, -0.15) is 0 Å². The van der Waals surface area contributed by atoms with E-state index < -0.39 is 4.92 Å². The van der Waals surface area contributed by atoms with Gasteiger partial charge < -0.3 is 10.6 Å². The Morgan fingerprint density at radius 1 is 0.963 bits per heavy atom. The van der Waals surface area contributed by atoms with E-state index in [9.17, 15) is 10.1 Å². The zero-order chi connectivity index (χ0) is 19.2. The van der Waals surface area contributed by atoms with Gasteiger partial charge in [-0.1, -0.05) is 48.9 Å². The van der Waals surface area contributed by atoms with Crippen LogP contribution in [0.4, 0.5) is 23.0 Å². The Hall–Kier alpha value is -3.48. The van der Waals surface area contributed by atoms with Crippen molar-refractivity contribution in [3.05, 3.63) is 81.7 Å². The molecule has 7 nitrogen and oxygen atoms in total. The summed E-state index contributed by atoms with van der Waals surface area (Å²) in [5, 5.41) is 17.7. The quantitative estimate of drug-likeness (QED) is 0.470. The number of aryl methyl sites for hydroxylation is 2. The molecule has 138 valence electrons. The Bertz CT molecular complexity index is 924. The van der Waals surface area contributed by atoms with Crippen molar-refractivity contribution in [3.8, 4) is 0 Å². The second-order valence-electron chi connectivity index (χ2n) is 6.19. The minimum atomic E-state index is -0.472. The summed E-state index contributed by atoms with van der Waals surface area (Å²) >= 11 is 0. The molecule has 0 fully saturated rings. The van der Waals surface area contributed by atoms with Crippen molar-refractivity contribution in [1.82, 2.24) is 9.97 Å². The monoisotopic (exact) mass is 363 g/mol. The van der Waals surface area contributed by atoms with E-state index in [0.29, 0.717) is 6.54 Å². The molecular formula is C20H21N5O2. The fourth-order valence-electron chi connectivity index (χ4n) is 2.62. The predicted molar refractivity (Wildman–Crippen MR) is 106 cm³/mol. The normalized spacial score (nSPS) is 10.4. The van der Waals surface area contributed by atoms with Crippen LogP contribution in [0.15, 0.2) is 54.9 Å². The van der Waals surface area contributed by atoms with Gasteiger partial charge in [-0.15, -0.1) is 0 Å². The third-order valence-corrected chi connectivity index (χ3v) is 4.21. The SMILES string of the molecule is CCc1ccc(Nc2ncnc(NCc3ccc(C)cc3)c2[N+](=O)[O-])cc1. The first-order valence-corrected chi connectivity index (χ1v) is 8.71. The van der Waals surface area contributed by atoms with Crippen molar-refractivity contribution >= 4 is 23.0 Å². The molecule has 0 bridgehead atoms. The second kappa shape index (κ2) is 8.27. The van der Waals surface area contributed by atoms with Crippen LogP contribution < -0.4 is 10.6 Å². The van der Waals surface area contributed by atoms with Gasteiger partial charge in [0.15, 0.2) is 0 Å². The van der Waals surface area contributed by atoms with Gasteiger partial charge in [0.1, 0.15) is 6.33 Å². The van der Waals surface area contributed by atoms with Crippen LogP contribution in [0.5, 0.6) is 0 Å². The molecule has 0 saturated carbocycles. The molecular weight excluding hydrogens is 342 g/mol. The summed E-state index contributed by atoms with van der Waals surface area (Å²) in [4.78, 5) is 19.3. The topological polar surface area (TPSA) is 93.0 Å². The Morgan fingerprint density at radius 3 is 2.22 bits per heavy atom. The van der Waals surface area contributed by atoms with E-state index in [1.807, 2.05) is 55.5 Å². The highest BCUT2D eigenvalue weighted by atomic mass is 16.6. The third kappa shape index (κ3) is 4.58. The summed E-state index contributed by atoms with van der Waals surface area (Å²) in [5.74, 6) is 0.342. The Kier molecular flexibility index (Phi) is 5.61. The molecule has 0 amide bonds. The summed E-state index contributed by atoms with van der Waals surface area (Å²) in [6.07, 6.45) is 2.24. The average molecular weight is 363 g/mol. The van der Waals surface area contributed by atoms with E-state index in [1.54, 1.807) is 0 Å². The summed E-state index contributed by atoms with van der Waals surface area (Å²) in [6.45, 7) is 4.52. The molecule has 3 aromatic rings. The van der Waals surface area contributed by atoms with Crippen LogP contribution in [0.2, 0.25) is 0 Å². The summed E-state index contributed by atoms with van der Waals surface area (Å²) in [6, 6.07) is 15.7. The maximum absolute atomic E-state index is 11.6. The fraction of sp³-hybridized carbons (Fsp3) is 0.200. The van der Waals surface area contributed by atoms with E-state index >= 15 is 0 Å². The van der Waals surface area contributed by atoms with Gasteiger partial charge in [-0.05, 0) is 36.6 Å². The van der Waals surface area contributed by atoms with Crippen molar-refractivity contribution in [1.29, 1.82) is 0 Å². The van der Waals surface area contributed by atoms with E-state index in [-0.39, 0.29) is 17.3 Å². The van der Waals surface area contributed by atoms with Gasteiger partial charge in [0.25, 0.3) is 0 Å². The highest BCUT2D eigenvalue weighted by Gasteiger charge is 2.23. The first-order chi connectivity index (χ1) is 13.1. The molecule has 0 spiro atoms. The minimum Gasteiger partial charge on any atom is -0.360 e. The van der Waals surface area contributed by atoms with E-state index in [1.165, 1.54) is 11.9 Å². The molecule has 0 radical (unpaired) electrons. The Balaban J connectivity index is 1.83. The fourth-order valence-corrected chi connectivity index (χ4v) is 2.62. The van der Waals surface area contributed by atoms with Gasteiger partial charge in [-0.3, -0.25) is 10.1 Å². The van der Waals surface area contributed by atoms with Crippen LogP contribution in [0, 0.1) is 17.0 Å². The van der Waals surface area contributed by atoms with Gasteiger partial charge in [0, 0.05) is 12.2 Å². The maximum Gasteiger partial charge on any atom is 0.353 e. The lowest BCUT2D eigenvalue weighted by molar-refractivity contribution is -0.383. The van der Waals surface area contributed by atoms with Crippen LogP contribution in [-0.2, 0) is 13.0 Å². The van der Waals surface area contributed by atoms with Crippen LogP contribution in [0.3, 0.4) is 0 Å². The van der Waals surface area contributed by atoms with Gasteiger partial charge in [-0.25, -0.2) is 9.97 Å². The number of nitro groups is 1. The van der Waals surface area contributed by atoms with E-state index in [0.717, 1.165) is 23.2 Å². The molecule has 1 heterocycles. The Morgan fingerprint density at radius 2 is 1.59 bits per heavy atom. The van der Waals surface area contributed by atoms with E-state index in [2.05, 4.69) is 27.5 Å². The zero-order valence-corrected chi connectivity index (χ0v) is 15.3. The van der Waals surface area contributed by atoms with Crippen LogP contribution in [0.25, 0.3) is 0 Å². The highest BCUT2D eigenvalue weighted by Crippen LogP contribution is 2.31. The van der Waals surface area contributed by atoms with E-state index in [4.69, 9.17) is 0 Å². The summed E-state index contributed by atoms with van der Waals surface area (Å²) in [5.41, 5.74) is 3.92. The van der Waals surface area contributed by atoms with Crippen molar-refractivity contribution in [2.24, 2.45) is 0 Å². The molecule has 1 aromatic heterocycles. The molecule has 3 rings (SSSR count). The maximum atomic E-state index is 11.6. The number of nitrogens with one attached hydrogen (secondary N) is 2. The zero-order valence-electron chi connectivity index (χ0n) is 15.3. The van der Waals surface area contributed by atoms with Gasteiger partial charge >= 0.3 is 5.69 Å². The van der Waals surface area contributed by atoms with Crippen molar-refractivity contribution in [2.45, 2.75) is 26.8 Å². The Labute approximate surface area is 157 Å². The first kappa shape index (κ1) is 18.3. The lowest BCUT2D eigenvalue weighted by atomic mass is 10.1. The second-order valence-corrected chi connectivity index (χ2v) is 6.19. The molecule has 0 saturated heterocycles. The van der Waals surface area contributed by atoms with Crippen LogP contribution in [0.1, 0.15) is 23.6 Å². The number of hydrogen-bond donors (Lipinski definition) is 2.